The molecule has 0 amide bonds. The van der Waals surface area contributed by atoms with Crippen LogP contribution in [-0.2, 0) is 10.0 Å². The van der Waals surface area contributed by atoms with Gasteiger partial charge in [-0.05, 0) is 56.3 Å². The Morgan fingerprint density at radius 3 is 2.59 bits per heavy atom. The molecule has 0 bridgehead atoms. The molecule has 22 heavy (non-hydrogen) atoms. The van der Waals surface area contributed by atoms with Gasteiger partial charge < -0.3 is 5.32 Å². The van der Waals surface area contributed by atoms with E-state index in [-0.39, 0.29) is 9.92 Å². The number of rotatable bonds is 3. The zero-order valence-corrected chi connectivity index (χ0v) is 13.8. The first-order valence-corrected chi connectivity index (χ1v) is 9.49. The molecule has 2 saturated heterocycles. The fourth-order valence-corrected chi connectivity index (χ4v) is 5.40. The highest BCUT2D eigenvalue weighted by Gasteiger charge is 2.34. The molecule has 4 nitrogen and oxygen atoms in total. The second-order valence-electron chi connectivity index (χ2n) is 6.02. The molecule has 122 valence electrons. The summed E-state index contributed by atoms with van der Waals surface area (Å²) in [5.74, 6) is -0.0649. The molecule has 1 atom stereocenters. The first-order valence-electron chi connectivity index (χ1n) is 7.67. The average molecular weight is 347 g/mol. The highest BCUT2D eigenvalue weighted by atomic mass is 35.5. The predicted molar refractivity (Wildman–Crippen MR) is 83.9 cm³/mol. The van der Waals surface area contributed by atoms with E-state index in [1.54, 1.807) is 0 Å². The number of piperidine rings is 1. The van der Waals surface area contributed by atoms with Crippen LogP contribution in [0.5, 0.6) is 0 Å². The summed E-state index contributed by atoms with van der Waals surface area (Å²) >= 11 is 5.95. The maximum Gasteiger partial charge on any atom is 0.244 e. The van der Waals surface area contributed by atoms with E-state index < -0.39 is 15.8 Å². The average Bonchev–Trinajstić information content (AvgIpc) is 3.04. The van der Waals surface area contributed by atoms with Crippen LogP contribution in [-0.4, -0.2) is 38.4 Å². The Balaban J connectivity index is 1.73. The second kappa shape index (κ2) is 6.43. The number of halogens is 2. The molecule has 2 fully saturated rings. The highest BCUT2D eigenvalue weighted by Crippen LogP contribution is 2.31. The van der Waals surface area contributed by atoms with Gasteiger partial charge in [-0.15, -0.1) is 0 Å². The van der Waals surface area contributed by atoms with Crippen molar-refractivity contribution in [3.05, 3.63) is 29.0 Å². The van der Waals surface area contributed by atoms with Gasteiger partial charge in [-0.3, -0.25) is 0 Å². The van der Waals surface area contributed by atoms with E-state index in [1.165, 1.54) is 29.3 Å². The third-order valence-corrected chi connectivity index (χ3v) is 7.06. The number of nitrogens with one attached hydrogen (secondary N) is 1. The van der Waals surface area contributed by atoms with E-state index in [1.807, 2.05) is 0 Å². The Morgan fingerprint density at radius 2 is 1.95 bits per heavy atom. The Morgan fingerprint density at radius 1 is 1.23 bits per heavy atom. The van der Waals surface area contributed by atoms with Crippen molar-refractivity contribution in [3.63, 3.8) is 0 Å². The Kier molecular flexibility index (Phi) is 4.73. The lowest BCUT2D eigenvalue weighted by atomic mass is 9.89. The van der Waals surface area contributed by atoms with Crippen molar-refractivity contribution >= 4 is 21.6 Å². The lowest BCUT2D eigenvalue weighted by Crippen LogP contribution is -2.43. The molecule has 0 spiro atoms. The van der Waals surface area contributed by atoms with Gasteiger partial charge in [-0.2, -0.15) is 4.31 Å². The van der Waals surface area contributed by atoms with Crippen LogP contribution >= 0.6 is 11.6 Å². The van der Waals surface area contributed by atoms with Crippen molar-refractivity contribution in [1.29, 1.82) is 0 Å². The summed E-state index contributed by atoms with van der Waals surface area (Å²) in [7, 11) is -3.72. The molecule has 0 saturated carbocycles. The van der Waals surface area contributed by atoms with E-state index in [9.17, 15) is 12.8 Å². The van der Waals surface area contributed by atoms with Crippen LogP contribution in [0.2, 0.25) is 5.02 Å². The Labute approximate surface area is 135 Å². The largest absolute Gasteiger partial charge is 0.314 e. The maximum absolute atomic E-state index is 13.4. The van der Waals surface area contributed by atoms with E-state index in [2.05, 4.69) is 5.32 Å². The fourth-order valence-electron chi connectivity index (χ4n) is 3.45. The zero-order chi connectivity index (χ0) is 15.7. The number of hydrogen-bond donors (Lipinski definition) is 1. The predicted octanol–water partition coefficient (Wildman–Crippen LogP) is 2.63. The smallest absolute Gasteiger partial charge is 0.244 e. The van der Waals surface area contributed by atoms with Crippen LogP contribution < -0.4 is 5.32 Å². The summed E-state index contributed by atoms with van der Waals surface area (Å²) in [5, 5.41) is 3.56. The van der Waals surface area contributed by atoms with Crippen molar-refractivity contribution < 1.29 is 12.8 Å². The highest BCUT2D eigenvalue weighted by molar-refractivity contribution is 7.89. The normalized spacial score (nSPS) is 24.7. The minimum atomic E-state index is -3.72. The zero-order valence-electron chi connectivity index (χ0n) is 12.3. The SMILES string of the molecule is O=S(=O)(c1cc(F)ccc1Cl)N1CCC(C2CCCN2)CC1. The molecule has 0 aromatic heterocycles. The first-order chi connectivity index (χ1) is 10.5. The van der Waals surface area contributed by atoms with Crippen LogP contribution in [0, 0.1) is 11.7 Å². The molecule has 2 aliphatic rings. The summed E-state index contributed by atoms with van der Waals surface area (Å²) in [6, 6.07) is 3.98. The molecule has 3 rings (SSSR count). The van der Waals surface area contributed by atoms with Crippen LogP contribution in [0.1, 0.15) is 25.7 Å². The van der Waals surface area contributed by atoms with Crippen LogP contribution in [0.4, 0.5) is 4.39 Å². The van der Waals surface area contributed by atoms with Gasteiger partial charge in [-0.1, -0.05) is 11.6 Å². The molecule has 7 heteroatoms. The summed E-state index contributed by atoms with van der Waals surface area (Å²) in [4.78, 5) is -0.133. The van der Waals surface area contributed by atoms with Crippen molar-refractivity contribution in [1.82, 2.24) is 9.62 Å². The van der Waals surface area contributed by atoms with Gasteiger partial charge in [0, 0.05) is 19.1 Å². The van der Waals surface area contributed by atoms with Crippen molar-refractivity contribution in [3.8, 4) is 0 Å². The lowest BCUT2D eigenvalue weighted by molar-refractivity contribution is 0.234. The fraction of sp³-hybridized carbons (Fsp3) is 0.600. The van der Waals surface area contributed by atoms with Crippen molar-refractivity contribution in [2.75, 3.05) is 19.6 Å². The van der Waals surface area contributed by atoms with E-state index in [0.717, 1.165) is 25.5 Å². The summed E-state index contributed by atoms with van der Waals surface area (Å²) in [6.07, 6.45) is 4.04. The molecule has 2 heterocycles. The molecular weight excluding hydrogens is 327 g/mol. The van der Waals surface area contributed by atoms with Crippen LogP contribution in [0.3, 0.4) is 0 Å². The van der Waals surface area contributed by atoms with E-state index in [4.69, 9.17) is 11.6 Å². The van der Waals surface area contributed by atoms with Crippen molar-refractivity contribution in [2.24, 2.45) is 5.92 Å². The molecule has 1 unspecified atom stereocenters. The summed E-state index contributed by atoms with van der Waals surface area (Å²) < 4.78 is 40.1. The molecule has 0 radical (unpaired) electrons. The third-order valence-electron chi connectivity index (χ3n) is 4.68. The molecule has 1 aromatic rings. The van der Waals surface area contributed by atoms with Gasteiger partial charge >= 0.3 is 0 Å². The summed E-state index contributed by atoms with van der Waals surface area (Å²) in [6.45, 7) is 2.00. The van der Waals surface area contributed by atoms with Crippen molar-refractivity contribution in [2.45, 2.75) is 36.6 Å². The molecule has 1 aromatic carbocycles. The van der Waals surface area contributed by atoms with Gasteiger partial charge in [-0.25, -0.2) is 12.8 Å². The maximum atomic E-state index is 13.4. The first kappa shape index (κ1) is 16.2. The number of sulfonamides is 1. The molecular formula is C15H20ClFN2O2S. The van der Waals surface area contributed by atoms with Gasteiger partial charge in [0.2, 0.25) is 10.0 Å². The van der Waals surface area contributed by atoms with Gasteiger partial charge in [0.05, 0.1) is 5.02 Å². The standard InChI is InChI=1S/C15H20ClFN2O2S/c16-13-4-3-12(17)10-15(13)22(20,21)19-8-5-11(6-9-19)14-2-1-7-18-14/h3-4,10-11,14,18H,1-2,5-9H2. The van der Waals surface area contributed by atoms with Crippen LogP contribution in [0.15, 0.2) is 23.1 Å². The lowest BCUT2D eigenvalue weighted by Gasteiger charge is -2.34. The van der Waals surface area contributed by atoms with Gasteiger partial charge in [0.15, 0.2) is 0 Å². The Bertz CT molecular complexity index is 639. The van der Waals surface area contributed by atoms with E-state index in [0.29, 0.717) is 25.0 Å². The molecule has 0 aliphatic carbocycles. The monoisotopic (exact) mass is 346 g/mol. The number of nitrogens with zero attached hydrogens (tertiary/aromatic N) is 1. The minimum absolute atomic E-state index is 0.0704. The molecule has 2 aliphatic heterocycles. The quantitative estimate of drug-likeness (QED) is 0.915. The van der Waals surface area contributed by atoms with Gasteiger partial charge in [0.1, 0.15) is 10.7 Å². The second-order valence-corrected chi connectivity index (χ2v) is 8.33. The van der Waals surface area contributed by atoms with Crippen LogP contribution in [0.25, 0.3) is 0 Å². The topological polar surface area (TPSA) is 49.4 Å². The van der Waals surface area contributed by atoms with E-state index >= 15 is 0 Å². The van der Waals surface area contributed by atoms with Gasteiger partial charge in [0.25, 0.3) is 0 Å². The third kappa shape index (κ3) is 3.15. The molecule has 1 N–H and O–H groups in total. The summed E-state index contributed by atoms with van der Waals surface area (Å²) in [5.41, 5.74) is 0. The number of benzene rings is 1. The Hall–Kier alpha value is -0.690. The minimum Gasteiger partial charge on any atom is -0.314 e. The number of hydrogen-bond acceptors (Lipinski definition) is 3.